The molecule has 1 amide bonds. The Bertz CT molecular complexity index is 1210. The summed E-state index contributed by atoms with van der Waals surface area (Å²) in [6.07, 6.45) is 2.94. The highest BCUT2D eigenvalue weighted by Gasteiger charge is 2.33. The van der Waals surface area contributed by atoms with Gasteiger partial charge in [-0.2, -0.15) is 0 Å². The van der Waals surface area contributed by atoms with Gasteiger partial charge in [-0.15, -0.1) is 0 Å². The van der Waals surface area contributed by atoms with Gasteiger partial charge >= 0.3 is 0 Å². The Kier molecular flexibility index (Phi) is 5.71. The van der Waals surface area contributed by atoms with Gasteiger partial charge in [-0.25, -0.2) is 8.42 Å². The van der Waals surface area contributed by atoms with Crippen molar-refractivity contribution in [2.75, 3.05) is 6.54 Å². The number of nitrogens with zero attached hydrogens (tertiary/aromatic N) is 1. The van der Waals surface area contributed by atoms with Gasteiger partial charge in [0.2, 0.25) is 5.91 Å². The van der Waals surface area contributed by atoms with Gasteiger partial charge in [0.15, 0.2) is 0 Å². The molecule has 162 valence electrons. The zero-order chi connectivity index (χ0) is 22.2. The summed E-state index contributed by atoms with van der Waals surface area (Å²) in [5.74, 6) is 0.00764. The predicted molar refractivity (Wildman–Crippen MR) is 123 cm³/mol. The molecule has 1 atom stereocenters. The van der Waals surface area contributed by atoms with E-state index in [1.165, 1.54) is 5.56 Å². The van der Waals surface area contributed by atoms with Crippen molar-refractivity contribution in [3.8, 4) is 0 Å². The van der Waals surface area contributed by atoms with Gasteiger partial charge < -0.3 is 5.32 Å². The lowest BCUT2D eigenvalue weighted by molar-refractivity contribution is -0.120. The number of sulfonamides is 1. The molecule has 0 saturated carbocycles. The van der Waals surface area contributed by atoms with E-state index in [1.54, 1.807) is 13.0 Å². The van der Waals surface area contributed by atoms with Gasteiger partial charge in [-0.3, -0.25) is 14.5 Å². The maximum Gasteiger partial charge on any atom is 0.264 e. The molecule has 2 N–H and O–H groups in total. The second-order valence-electron chi connectivity index (χ2n) is 8.23. The highest BCUT2D eigenvalue weighted by atomic mass is 32.2. The summed E-state index contributed by atoms with van der Waals surface area (Å²) in [5.41, 5.74) is 5.70. The first-order valence-corrected chi connectivity index (χ1v) is 12.0. The van der Waals surface area contributed by atoms with Crippen LogP contribution in [0.4, 0.5) is 0 Å². The van der Waals surface area contributed by atoms with Crippen LogP contribution < -0.4 is 10.0 Å². The topological polar surface area (TPSA) is 87.6 Å². The average Bonchev–Trinajstić information content (AvgIpc) is 2.97. The van der Waals surface area contributed by atoms with E-state index in [0.717, 1.165) is 36.0 Å². The van der Waals surface area contributed by atoms with Gasteiger partial charge in [0, 0.05) is 5.57 Å². The molecule has 0 radical (unpaired) electrons. The molecule has 1 aliphatic carbocycles. The van der Waals surface area contributed by atoms with E-state index in [0.29, 0.717) is 11.1 Å². The SMILES string of the molecule is CC1=C(c2ccc(C)c(C)c2)S(=O)(=O)NC1=NCC(=O)N[C@H]1CCCc2ccccc21. The standard InChI is InChI=1S/C24H27N3O3S/c1-15-11-12-19(13-16(15)2)23-17(3)24(27-31(23,29)30)25-14-22(28)26-21-10-6-8-18-7-4-5-9-20(18)21/h4-5,7,9,11-13,21H,6,8,10,14H2,1-3H3,(H,25,27)(H,26,28)/t21-/m0/s1. The van der Waals surface area contributed by atoms with Crippen LogP contribution in [0.1, 0.15) is 53.6 Å². The quantitative estimate of drug-likeness (QED) is 0.767. The summed E-state index contributed by atoms with van der Waals surface area (Å²) in [6, 6.07) is 13.7. The summed E-state index contributed by atoms with van der Waals surface area (Å²) >= 11 is 0. The molecule has 0 bridgehead atoms. The number of amidine groups is 1. The lowest BCUT2D eigenvalue weighted by Gasteiger charge is -2.26. The van der Waals surface area contributed by atoms with Crippen molar-refractivity contribution < 1.29 is 13.2 Å². The Labute approximate surface area is 183 Å². The van der Waals surface area contributed by atoms with Crippen LogP contribution in [0.25, 0.3) is 4.91 Å². The second kappa shape index (κ2) is 8.30. The van der Waals surface area contributed by atoms with Crippen LogP contribution >= 0.6 is 0 Å². The van der Waals surface area contributed by atoms with Crippen LogP contribution in [0.3, 0.4) is 0 Å². The first-order chi connectivity index (χ1) is 14.8. The zero-order valence-corrected chi connectivity index (χ0v) is 18.8. The predicted octanol–water partition coefficient (Wildman–Crippen LogP) is 3.56. The minimum atomic E-state index is -3.72. The van der Waals surface area contributed by atoms with Crippen molar-refractivity contribution in [1.29, 1.82) is 0 Å². The van der Waals surface area contributed by atoms with Crippen molar-refractivity contribution in [2.45, 2.75) is 46.1 Å². The Morgan fingerprint density at radius 2 is 1.90 bits per heavy atom. The third-order valence-corrected chi connectivity index (χ3v) is 7.59. The van der Waals surface area contributed by atoms with Crippen molar-refractivity contribution in [3.05, 3.63) is 75.9 Å². The van der Waals surface area contributed by atoms with Gasteiger partial charge in [-0.1, -0.05) is 42.5 Å². The summed E-state index contributed by atoms with van der Waals surface area (Å²) < 4.78 is 28.0. The summed E-state index contributed by atoms with van der Waals surface area (Å²) in [5, 5.41) is 3.05. The number of rotatable bonds is 4. The van der Waals surface area contributed by atoms with Crippen LogP contribution in [-0.4, -0.2) is 26.7 Å². The van der Waals surface area contributed by atoms with Crippen molar-refractivity contribution in [1.82, 2.24) is 10.0 Å². The fourth-order valence-corrected chi connectivity index (χ4v) is 5.78. The summed E-state index contributed by atoms with van der Waals surface area (Å²) in [6.45, 7) is 5.52. The molecule has 0 aromatic heterocycles. The smallest absolute Gasteiger partial charge is 0.264 e. The molecule has 1 heterocycles. The van der Waals surface area contributed by atoms with E-state index in [2.05, 4.69) is 27.2 Å². The lowest BCUT2D eigenvalue weighted by atomic mass is 9.88. The summed E-state index contributed by atoms with van der Waals surface area (Å²) in [7, 11) is -3.72. The first-order valence-electron chi connectivity index (χ1n) is 10.5. The van der Waals surface area contributed by atoms with E-state index < -0.39 is 10.0 Å². The molecule has 6 nitrogen and oxygen atoms in total. The maximum absolute atomic E-state index is 12.7. The minimum Gasteiger partial charge on any atom is -0.348 e. The number of hydrogen-bond acceptors (Lipinski definition) is 4. The van der Waals surface area contributed by atoms with Crippen LogP contribution in [0.5, 0.6) is 0 Å². The van der Waals surface area contributed by atoms with E-state index in [-0.39, 0.29) is 29.2 Å². The van der Waals surface area contributed by atoms with Crippen LogP contribution in [0.2, 0.25) is 0 Å². The summed E-state index contributed by atoms with van der Waals surface area (Å²) in [4.78, 5) is 17.1. The molecule has 0 unspecified atom stereocenters. The molecule has 7 heteroatoms. The first kappa shape index (κ1) is 21.3. The molecule has 1 aliphatic heterocycles. The number of benzene rings is 2. The Morgan fingerprint density at radius 3 is 2.68 bits per heavy atom. The van der Waals surface area contributed by atoms with E-state index in [4.69, 9.17) is 0 Å². The number of aryl methyl sites for hydroxylation is 3. The zero-order valence-electron chi connectivity index (χ0n) is 18.0. The second-order valence-corrected chi connectivity index (χ2v) is 9.85. The van der Waals surface area contributed by atoms with Gasteiger partial charge in [0.05, 0.1) is 6.04 Å². The van der Waals surface area contributed by atoms with E-state index in [1.807, 2.05) is 38.1 Å². The maximum atomic E-state index is 12.7. The molecule has 2 aliphatic rings. The van der Waals surface area contributed by atoms with Crippen molar-refractivity contribution in [2.24, 2.45) is 4.99 Å². The normalized spacial score (nSPS) is 21.0. The number of fused-ring (bicyclic) bond motifs is 1. The molecule has 0 fully saturated rings. The molecule has 2 aromatic rings. The van der Waals surface area contributed by atoms with Gasteiger partial charge in [-0.05, 0) is 67.9 Å². The molecule has 31 heavy (non-hydrogen) atoms. The number of carbonyl (C=O) groups is 1. The van der Waals surface area contributed by atoms with Crippen molar-refractivity contribution >= 4 is 26.7 Å². The molecular formula is C24H27N3O3S. The number of nitrogens with one attached hydrogen (secondary N) is 2. The molecule has 0 spiro atoms. The number of carbonyl (C=O) groups excluding carboxylic acids is 1. The lowest BCUT2D eigenvalue weighted by Crippen LogP contribution is -2.33. The molecule has 2 aromatic carbocycles. The monoisotopic (exact) mass is 437 g/mol. The van der Waals surface area contributed by atoms with E-state index >= 15 is 0 Å². The fraction of sp³-hybridized carbons (Fsp3) is 0.333. The highest BCUT2D eigenvalue weighted by molar-refractivity contribution is 8.00. The van der Waals surface area contributed by atoms with E-state index in [9.17, 15) is 13.2 Å². The third-order valence-electron chi connectivity index (χ3n) is 6.05. The fourth-order valence-electron chi connectivity index (χ4n) is 4.26. The van der Waals surface area contributed by atoms with Crippen LogP contribution in [-0.2, 0) is 21.2 Å². The Hall–Kier alpha value is -2.93. The largest absolute Gasteiger partial charge is 0.348 e. The number of aliphatic imine (C=N–C) groups is 1. The van der Waals surface area contributed by atoms with Gasteiger partial charge in [0.25, 0.3) is 10.0 Å². The number of amides is 1. The Balaban J connectivity index is 1.52. The average molecular weight is 438 g/mol. The van der Waals surface area contributed by atoms with Crippen molar-refractivity contribution in [3.63, 3.8) is 0 Å². The molecule has 4 rings (SSSR count). The number of hydrogen-bond donors (Lipinski definition) is 2. The highest BCUT2D eigenvalue weighted by Crippen LogP contribution is 2.31. The molecule has 0 saturated heterocycles. The Morgan fingerprint density at radius 1 is 1.13 bits per heavy atom. The van der Waals surface area contributed by atoms with Crippen LogP contribution in [0, 0.1) is 13.8 Å². The van der Waals surface area contributed by atoms with Gasteiger partial charge in [0.1, 0.15) is 17.3 Å². The third kappa shape index (κ3) is 4.28. The molecular weight excluding hydrogens is 410 g/mol. The minimum absolute atomic E-state index is 0.0272. The van der Waals surface area contributed by atoms with Crippen LogP contribution in [0.15, 0.2) is 53.0 Å².